The number of ketones is 1. The summed E-state index contributed by atoms with van der Waals surface area (Å²) >= 11 is 1.29. The van der Waals surface area contributed by atoms with Crippen LogP contribution >= 0.6 is 11.3 Å². The molecule has 2 aromatic rings. The number of Topliss-reactive ketones (excluding diaryl/α,β-unsaturated/α-hetero) is 1. The number of hydrogen-bond donors (Lipinski definition) is 0. The van der Waals surface area contributed by atoms with Crippen LogP contribution in [0.1, 0.15) is 56.8 Å². The Morgan fingerprint density at radius 2 is 2.00 bits per heavy atom. The molecule has 0 N–H and O–H groups in total. The molecule has 0 bridgehead atoms. The lowest BCUT2D eigenvalue weighted by molar-refractivity contribution is 0.0638. The van der Waals surface area contributed by atoms with Crippen LogP contribution in [0.2, 0.25) is 0 Å². The van der Waals surface area contributed by atoms with Crippen LogP contribution in [0.4, 0.5) is 5.95 Å². The lowest BCUT2D eigenvalue weighted by Gasteiger charge is -2.40. The van der Waals surface area contributed by atoms with Crippen molar-refractivity contribution in [3.63, 3.8) is 0 Å². The molecule has 1 unspecified atom stereocenters. The molecule has 1 aliphatic heterocycles. The monoisotopic (exact) mass is 384 g/mol. The summed E-state index contributed by atoms with van der Waals surface area (Å²) in [5, 5.41) is 0. The van der Waals surface area contributed by atoms with E-state index < -0.39 is 0 Å². The average Bonchev–Trinajstić information content (AvgIpc) is 3.27. The number of hydrogen-bond acceptors (Lipinski definition) is 6. The Bertz CT molecular complexity index is 903. The smallest absolute Gasteiger partial charge is 0.263 e. The zero-order valence-corrected chi connectivity index (χ0v) is 16.8. The molecule has 3 heterocycles. The third-order valence-electron chi connectivity index (χ3n) is 5.65. The van der Waals surface area contributed by atoms with Gasteiger partial charge in [-0.25, -0.2) is 9.97 Å². The van der Waals surface area contributed by atoms with Crippen LogP contribution in [0, 0.1) is 0 Å². The van der Waals surface area contributed by atoms with Gasteiger partial charge in [-0.3, -0.25) is 9.59 Å². The highest BCUT2D eigenvalue weighted by atomic mass is 32.1. The summed E-state index contributed by atoms with van der Waals surface area (Å²) in [6, 6.07) is 3.53. The zero-order valence-electron chi connectivity index (χ0n) is 16.0. The fraction of sp³-hybridized carbons (Fsp3) is 0.500. The predicted octanol–water partition coefficient (Wildman–Crippen LogP) is 2.93. The predicted molar refractivity (Wildman–Crippen MR) is 106 cm³/mol. The minimum atomic E-state index is -0.0718. The number of aromatic nitrogens is 2. The number of carbonyl (C=O) groups excluding carboxylic acids is 2. The Morgan fingerprint density at radius 1 is 1.22 bits per heavy atom. The molecule has 1 aliphatic carbocycles. The highest BCUT2D eigenvalue weighted by Gasteiger charge is 2.45. The van der Waals surface area contributed by atoms with E-state index in [1.807, 2.05) is 30.1 Å². The molecule has 2 aliphatic rings. The van der Waals surface area contributed by atoms with Crippen LogP contribution in [-0.4, -0.2) is 53.7 Å². The third-order valence-corrected chi connectivity index (χ3v) is 6.83. The SMILES string of the molecule is CC(=O)c1ccc(C(=O)N2CCCC3(CCc4cnc(N(C)C)nc43)C2)s1. The van der Waals surface area contributed by atoms with E-state index in [0.29, 0.717) is 16.3 Å². The Morgan fingerprint density at radius 3 is 2.70 bits per heavy atom. The van der Waals surface area contributed by atoms with Crippen LogP contribution in [0.25, 0.3) is 0 Å². The fourth-order valence-corrected chi connectivity index (χ4v) is 5.12. The third kappa shape index (κ3) is 3.14. The second-order valence-corrected chi connectivity index (χ2v) is 8.85. The molecule has 1 fully saturated rings. The number of rotatable bonds is 3. The molecule has 4 rings (SSSR count). The summed E-state index contributed by atoms with van der Waals surface area (Å²) in [6.07, 6.45) is 5.96. The van der Waals surface area contributed by atoms with Gasteiger partial charge in [0.25, 0.3) is 5.91 Å². The molecular weight excluding hydrogens is 360 g/mol. The van der Waals surface area contributed by atoms with Crippen molar-refractivity contribution in [2.75, 3.05) is 32.1 Å². The van der Waals surface area contributed by atoms with Crippen molar-refractivity contribution >= 4 is 29.0 Å². The molecular formula is C20H24N4O2S. The van der Waals surface area contributed by atoms with Crippen LogP contribution in [0.3, 0.4) is 0 Å². The van der Waals surface area contributed by atoms with Crippen LogP contribution in [0.5, 0.6) is 0 Å². The number of fused-ring (bicyclic) bond motifs is 2. The summed E-state index contributed by atoms with van der Waals surface area (Å²) in [4.78, 5) is 39.1. The minimum Gasteiger partial charge on any atom is -0.347 e. The molecule has 0 radical (unpaired) electrons. The van der Waals surface area contributed by atoms with Crippen molar-refractivity contribution in [2.45, 2.75) is 38.0 Å². The quantitative estimate of drug-likeness (QED) is 0.761. The summed E-state index contributed by atoms with van der Waals surface area (Å²) in [7, 11) is 3.90. The first-order valence-corrected chi connectivity index (χ1v) is 10.1. The highest BCUT2D eigenvalue weighted by Crippen LogP contribution is 2.44. The summed E-state index contributed by atoms with van der Waals surface area (Å²) in [5.74, 6) is 0.761. The lowest BCUT2D eigenvalue weighted by Crippen LogP contribution is -2.47. The number of carbonyl (C=O) groups is 2. The fourth-order valence-electron chi connectivity index (χ4n) is 4.25. The Labute approximate surface area is 163 Å². The van der Waals surface area contributed by atoms with Crippen molar-refractivity contribution in [3.05, 3.63) is 39.3 Å². The largest absolute Gasteiger partial charge is 0.347 e. The van der Waals surface area contributed by atoms with Gasteiger partial charge in [0.2, 0.25) is 5.95 Å². The van der Waals surface area contributed by atoms with Crippen molar-refractivity contribution in [1.29, 1.82) is 0 Å². The first kappa shape index (κ1) is 18.1. The molecule has 6 nitrogen and oxygen atoms in total. The van der Waals surface area contributed by atoms with E-state index in [2.05, 4.69) is 4.98 Å². The van der Waals surface area contributed by atoms with E-state index in [9.17, 15) is 9.59 Å². The topological polar surface area (TPSA) is 66.4 Å². The number of anilines is 1. The van der Waals surface area contributed by atoms with Gasteiger partial charge in [-0.1, -0.05) is 0 Å². The van der Waals surface area contributed by atoms with Gasteiger partial charge in [-0.15, -0.1) is 11.3 Å². The van der Waals surface area contributed by atoms with E-state index in [-0.39, 0.29) is 17.1 Å². The molecule has 1 amide bonds. The zero-order chi connectivity index (χ0) is 19.2. The van der Waals surface area contributed by atoms with Crippen molar-refractivity contribution < 1.29 is 9.59 Å². The number of aryl methyl sites for hydroxylation is 1. The first-order chi connectivity index (χ1) is 12.9. The van der Waals surface area contributed by atoms with E-state index in [1.165, 1.54) is 23.8 Å². The van der Waals surface area contributed by atoms with E-state index in [0.717, 1.165) is 43.9 Å². The van der Waals surface area contributed by atoms with E-state index >= 15 is 0 Å². The number of thiophene rings is 1. The van der Waals surface area contributed by atoms with Crippen LogP contribution in [-0.2, 0) is 11.8 Å². The summed E-state index contributed by atoms with van der Waals surface area (Å²) in [6.45, 7) is 2.98. The molecule has 0 aromatic carbocycles. The Hall–Kier alpha value is -2.28. The van der Waals surface area contributed by atoms with Crippen molar-refractivity contribution in [3.8, 4) is 0 Å². The molecule has 2 aromatic heterocycles. The van der Waals surface area contributed by atoms with Crippen molar-refractivity contribution in [1.82, 2.24) is 14.9 Å². The molecule has 7 heteroatoms. The van der Waals surface area contributed by atoms with Gasteiger partial charge in [-0.05, 0) is 50.3 Å². The molecule has 1 spiro atoms. The van der Waals surface area contributed by atoms with Gasteiger partial charge in [-0.2, -0.15) is 0 Å². The first-order valence-electron chi connectivity index (χ1n) is 9.33. The number of nitrogens with zero attached hydrogens (tertiary/aromatic N) is 4. The second kappa shape index (κ2) is 6.71. The maximum Gasteiger partial charge on any atom is 0.263 e. The van der Waals surface area contributed by atoms with Gasteiger partial charge >= 0.3 is 0 Å². The van der Waals surface area contributed by atoms with E-state index in [4.69, 9.17) is 4.98 Å². The maximum absolute atomic E-state index is 13.0. The van der Waals surface area contributed by atoms with Gasteiger partial charge < -0.3 is 9.80 Å². The number of likely N-dealkylation sites (tertiary alicyclic amines) is 1. The van der Waals surface area contributed by atoms with Gasteiger partial charge in [0, 0.05) is 38.8 Å². The summed E-state index contributed by atoms with van der Waals surface area (Å²) < 4.78 is 0. The molecule has 1 atom stereocenters. The van der Waals surface area contributed by atoms with Gasteiger partial charge in [0.05, 0.1) is 15.4 Å². The average molecular weight is 385 g/mol. The molecule has 0 saturated carbocycles. The highest BCUT2D eigenvalue weighted by molar-refractivity contribution is 7.15. The lowest BCUT2D eigenvalue weighted by atomic mass is 9.77. The molecule has 1 saturated heterocycles. The van der Waals surface area contributed by atoms with Crippen molar-refractivity contribution in [2.24, 2.45) is 0 Å². The Kier molecular flexibility index (Phi) is 4.50. The Balaban J connectivity index is 1.61. The number of amides is 1. The standard InChI is InChI=1S/C20H24N4O2S/c1-13(25)15-5-6-16(27-15)18(26)24-10-4-8-20(12-24)9-7-14-11-21-19(23(2)3)22-17(14)20/h5-6,11H,4,7-10,12H2,1-3H3. The van der Waals surface area contributed by atoms with Crippen LogP contribution < -0.4 is 4.90 Å². The van der Waals surface area contributed by atoms with Gasteiger partial charge in [0.15, 0.2) is 5.78 Å². The summed E-state index contributed by atoms with van der Waals surface area (Å²) in [5.41, 5.74) is 2.26. The minimum absolute atomic E-state index is 0.00630. The molecule has 27 heavy (non-hydrogen) atoms. The van der Waals surface area contributed by atoms with Crippen LogP contribution in [0.15, 0.2) is 18.3 Å². The molecule has 142 valence electrons. The maximum atomic E-state index is 13.0. The van der Waals surface area contributed by atoms with Gasteiger partial charge in [0.1, 0.15) is 0 Å². The second-order valence-electron chi connectivity index (χ2n) is 7.77. The van der Waals surface area contributed by atoms with E-state index in [1.54, 1.807) is 12.1 Å². The number of piperidine rings is 1. The normalized spacial score (nSPS) is 21.4.